The van der Waals surface area contributed by atoms with Crippen LogP contribution in [0.3, 0.4) is 0 Å². The van der Waals surface area contributed by atoms with Gasteiger partial charge < -0.3 is 39.9 Å². The molecular formula is C57H81F2N7O8S. The minimum atomic E-state index is -3.53. The summed E-state index contributed by atoms with van der Waals surface area (Å²) in [6.45, 7) is 12.2. The topological polar surface area (TPSA) is 186 Å². The average molecular weight is 1060 g/mol. The van der Waals surface area contributed by atoms with Crippen molar-refractivity contribution in [2.75, 3.05) is 25.9 Å². The number of nitrogens with zero attached hydrogens (tertiary/aromatic N) is 3. The molecule has 0 bridgehead atoms. The number of amides is 4. The Balaban J connectivity index is 0.000000198. The highest BCUT2D eigenvalue weighted by Crippen LogP contribution is 2.49. The summed E-state index contributed by atoms with van der Waals surface area (Å²) in [5.41, 5.74) is 2.13. The van der Waals surface area contributed by atoms with Crippen LogP contribution in [0.5, 0.6) is 0 Å². The minimum absolute atomic E-state index is 0. The highest BCUT2D eigenvalue weighted by Gasteiger charge is 2.55. The molecule has 15 nitrogen and oxygen atoms in total. The molecule has 4 amide bonds. The molecule has 75 heavy (non-hydrogen) atoms. The maximum Gasteiger partial charge on any atom is 0.408 e. The lowest BCUT2D eigenvalue weighted by Crippen LogP contribution is -2.55. The summed E-state index contributed by atoms with van der Waals surface area (Å²) in [5.74, 6) is -0.278. The number of hydrogen-bond acceptors (Lipinski definition) is 8. The molecule has 412 valence electrons. The van der Waals surface area contributed by atoms with E-state index in [4.69, 9.17) is 9.47 Å². The minimum Gasteiger partial charge on any atom is -0.444 e. The van der Waals surface area contributed by atoms with Crippen molar-refractivity contribution in [2.45, 2.75) is 192 Å². The van der Waals surface area contributed by atoms with Gasteiger partial charge in [-0.05, 0) is 158 Å². The number of H-pyrrole nitrogens is 2. The number of nitrogens with one attached hydrogen (secondary N) is 4. The zero-order valence-electron chi connectivity index (χ0n) is 44.2. The highest BCUT2D eigenvalue weighted by molar-refractivity contribution is 7.88. The summed E-state index contributed by atoms with van der Waals surface area (Å²) in [4.78, 5) is 64.2. The van der Waals surface area contributed by atoms with Crippen molar-refractivity contribution in [1.29, 1.82) is 0 Å². The molecule has 0 radical (unpaired) electrons. The summed E-state index contributed by atoms with van der Waals surface area (Å²) < 4.78 is 65.9. The normalized spacial score (nSPS) is 25.5. The predicted molar refractivity (Wildman–Crippen MR) is 286 cm³/mol. The molecule has 8 atom stereocenters. The monoisotopic (exact) mass is 1060 g/mol. The van der Waals surface area contributed by atoms with Gasteiger partial charge in [0.05, 0.1) is 12.3 Å². The van der Waals surface area contributed by atoms with E-state index in [2.05, 4.69) is 25.5 Å². The number of carbonyl (C=O) groups is 4. The Hall–Kier alpha value is -5.23. The Labute approximate surface area is 442 Å². The average Bonchev–Trinajstić information content (AvgIpc) is 4.20. The van der Waals surface area contributed by atoms with Crippen LogP contribution >= 0.6 is 0 Å². The van der Waals surface area contributed by atoms with E-state index in [1.165, 1.54) is 46.8 Å². The summed E-state index contributed by atoms with van der Waals surface area (Å²) in [6.07, 6.45) is 17.5. The van der Waals surface area contributed by atoms with Crippen LogP contribution in [0, 0.1) is 29.4 Å². The van der Waals surface area contributed by atoms with Crippen molar-refractivity contribution in [1.82, 2.24) is 34.7 Å². The van der Waals surface area contributed by atoms with Gasteiger partial charge in [0.25, 0.3) is 0 Å². The molecule has 3 aliphatic heterocycles. The highest BCUT2D eigenvalue weighted by atomic mass is 32.2. The first-order chi connectivity index (χ1) is 35.0. The van der Waals surface area contributed by atoms with Crippen LogP contribution in [0.1, 0.15) is 162 Å². The van der Waals surface area contributed by atoms with Crippen molar-refractivity contribution in [3.8, 4) is 0 Å². The summed E-state index contributed by atoms with van der Waals surface area (Å²) >= 11 is 0. The van der Waals surface area contributed by atoms with E-state index in [0.29, 0.717) is 24.4 Å². The van der Waals surface area contributed by atoms with E-state index in [0.717, 1.165) is 105 Å². The molecule has 2 aromatic heterocycles. The quantitative estimate of drug-likeness (QED) is 0.128. The third kappa shape index (κ3) is 12.3. The molecular weight excluding hydrogens is 981 g/mol. The Morgan fingerprint density at radius 2 is 1.08 bits per heavy atom. The number of carbonyl (C=O) groups excluding carboxylic acids is 4. The zero-order valence-corrected chi connectivity index (χ0v) is 45.0. The van der Waals surface area contributed by atoms with Crippen LogP contribution in [0.25, 0.3) is 21.8 Å². The van der Waals surface area contributed by atoms with Crippen molar-refractivity contribution >= 4 is 55.8 Å². The van der Waals surface area contributed by atoms with Gasteiger partial charge in [-0.25, -0.2) is 26.8 Å². The fraction of sp³-hybridized carbons (Fsp3) is 0.649. The molecule has 3 saturated carbocycles. The lowest BCUT2D eigenvalue weighted by molar-refractivity contribution is -0.137. The molecule has 3 aliphatic carbocycles. The Morgan fingerprint density at radius 1 is 0.627 bits per heavy atom. The molecule has 2 aromatic carbocycles. The predicted octanol–water partition coefficient (Wildman–Crippen LogP) is 10.6. The lowest BCUT2D eigenvalue weighted by atomic mass is 9.83. The standard InChI is InChI=1S/C28H39FN4O5S.C28H38FN3O3.CH4/c1-28(2,3)38-27(35)31-24(17-8-6-5-7-9-17)26(34)32-13-12-23-25(32)21(16-33(23)39(4,36)37)20-15-30-22-14-18(29)10-11-19(20)22;1-28(2,3)35-27(34)31-24(17-7-5-4-6-8-17)26(33)32-14-13-18-9-11-21(25(18)32)22-16-30-23-15-19(29)10-12-20(22)23;/h10-11,14-15,17,21,23-25,30H,5-9,12-13,16H2,1-4H3,(H,31,35);10,12,15-18,21,24-25,30H,4-9,11,13-14H2,1-3H3,(H,31,34);1H4/t21-,23-,24+,25-;18-,21-,24+,25+;/m11./s1. The second-order valence-electron chi connectivity index (χ2n) is 24.0. The van der Waals surface area contributed by atoms with Crippen molar-refractivity contribution in [3.05, 3.63) is 71.6 Å². The van der Waals surface area contributed by atoms with E-state index in [1.54, 1.807) is 37.9 Å². The first kappa shape index (κ1) is 56.0. The molecule has 0 spiro atoms. The molecule has 0 unspecified atom stereocenters. The van der Waals surface area contributed by atoms with Crippen LogP contribution in [0.15, 0.2) is 48.8 Å². The van der Waals surface area contributed by atoms with Gasteiger partial charge >= 0.3 is 12.2 Å². The van der Waals surface area contributed by atoms with Crippen molar-refractivity contribution < 1.29 is 45.9 Å². The van der Waals surface area contributed by atoms with Gasteiger partial charge in [-0.2, -0.15) is 4.31 Å². The molecule has 5 heterocycles. The lowest BCUT2D eigenvalue weighted by Gasteiger charge is -2.36. The van der Waals surface area contributed by atoms with Gasteiger partial charge in [0, 0.05) is 77.8 Å². The molecule has 10 rings (SSSR count). The Bertz CT molecular complexity index is 2810. The number of halogens is 2. The summed E-state index contributed by atoms with van der Waals surface area (Å²) in [7, 11) is -3.53. The number of alkyl carbamates (subject to hydrolysis) is 2. The number of benzene rings is 2. The fourth-order valence-corrected chi connectivity index (χ4v) is 14.8. The van der Waals surface area contributed by atoms with Crippen molar-refractivity contribution in [3.63, 3.8) is 0 Å². The second-order valence-corrected chi connectivity index (χ2v) is 25.9. The Morgan fingerprint density at radius 3 is 1.55 bits per heavy atom. The maximum atomic E-state index is 14.3. The zero-order chi connectivity index (χ0) is 52.9. The number of rotatable bonds is 9. The van der Waals surface area contributed by atoms with Crippen LogP contribution in [0.2, 0.25) is 0 Å². The van der Waals surface area contributed by atoms with Crippen LogP contribution in [0.4, 0.5) is 18.4 Å². The molecule has 3 saturated heterocycles. The van der Waals surface area contributed by atoms with Crippen LogP contribution in [-0.4, -0.2) is 124 Å². The Kier molecular flexibility index (Phi) is 16.7. The van der Waals surface area contributed by atoms with E-state index in [9.17, 15) is 36.4 Å². The molecule has 6 aliphatic rings. The van der Waals surface area contributed by atoms with Gasteiger partial charge in [-0.3, -0.25) is 9.59 Å². The molecule has 6 fully saturated rings. The first-order valence-corrected chi connectivity index (χ1v) is 29.0. The molecule has 4 aromatic rings. The van der Waals surface area contributed by atoms with Gasteiger partial charge in [0.2, 0.25) is 21.8 Å². The summed E-state index contributed by atoms with van der Waals surface area (Å²) in [6, 6.07) is 7.44. The number of sulfonamides is 1. The van der Waals surface area contributed by atoms with E-state index < -0.39 is 51.5 Å². The SMILES string of the molecule is C.CC(C)(C)OC(=O)N[C@H](C(=O)N1CC[C@@H]2[C@H]1[C@@H](c1c[nH]c3cc(F)ccc13)CN2S(C)(=O)=O)C1CCCCC1.CC(C)(C)OC(=O)N[C@H](C(=O)N1CC[C@H]2CC[C@H](c3c[nH]c4cc(F)ccc34)[C@H]21)C1CCCCC1. The van der Waals surface area contributed by atoms with Crippen LogP contribution in [-0.2, 0) is 29.1 Å². The second kappa shape index (κ2) is 22.4. The van der Waals surface area contributed by atoms with Gasteiger partial charge in [-0.15, -0.1) is 0 Å². The summed E-state index contributed by atoms with van der Waals surface area (Å²) in [5, 5.41) is 7.72. The third-order valence-corrected chi connectivity index (χ3v) is 18.0. The van der Waals surface area contributed by atoms with Gasteiger partial charge in [0.15, 0.2) is 0 Å². The maximum absolute atomic E-state index is 14.3. The molecule has 18 heteroatoms. The first-order valence-electron chi connectivity index (χ1n) is 27.1. The van der Waals surface area contributed by atoms with Crippen molar-refractivity contribution in [2.24, 2.45) is 17.8 Å². The largest absolute Gasteiger partial charge is 0.444 e. The number of likely N-dealkylation sites (tertiary alicyclic amines) is 2. The van der Waals surface area contributed by atoms with Gasteiger partial charge in [-0.1, -0.05) is 46.0 Å². The fourth-order valence-electron chi connectivity index (χ4n) is 13.6. The molecule has 4 N–H and O–H groups in total. The smallest absolute Gasteiger partial charge is 0.408 e. The van der Waals surface area contributed by atoms with E-state index in [-0.39, 0.29) is 73.2 Å². The number of hydrogen-bond donors (Lipinski definition) is 4. The third-order valence-electron chi connectivity index (χ3n) is 16.7. The number of fused-ring (bicyclic) bond motifs is 4. The van der Waals surface area contributed by atoms with Crippen LogP contribution < -0.4 is 10.6 Å². The number of ether oxygens (including phenoxy) is 2. The van der Waals surface area contributed by atoms with E-state index in [1.807, 2.05) is 33.0 Å². The number of aromatic nitrogens is 2. The van der Waals surface area contributed by atoms with Gasteiger partial charge in [0.1, 0.15) is 34.9 Å². The van der Waals surface area contributed by atoms with E-state index >= 15 is 0 Å². The number of aromatic amines is 2.